The average Bonchev–Trinajstić information content (AvgIpc) is 2.76. The number of likely N-dealkylation sites (tertiary alicyclic amines) is 1. The van der Waals surface area contributed by atoms with E-state index < -0.39 is 0 Å². The zero-order valence-corrected chi connectivity index (χ0v) is 11.1. The van der Waals surface area contributed by atoms with Crippen molar-refractivity contribution >= 4 is 0 Å². The molecule has 3 nitrogen and oxygen atoms in total. The molecule has 1 N–H and O–H groups in total. The number of nitrogens with one attached hydrogen (secondary N) is 1. The second-order valence-electron chi connectivity index (χ2n) is 6.12. The molecule has 17 heavy (non-hydrogen) atoms. The first-order chi connectivity index (χ1) is 8.33. The van der Waals surface area contributed by atoms with Gasteiger partial charge in [-0.2, -0.15) is 0 Å². The Hall–Kier alpha value is -0.120. The smallest absolute Gasteiger partial charge is 0.0697 e. The van der Waals surface area contributed by atoms with Gasteiger partial charge in [-0.15, -0.1) is 0 Å². The maximum absolute atomic E-state index is 6.04. The lowest BCUT2D eigenvalue weighted by Crippen LogP contribution is -2.54. The van der Waals surface area contributed by atoms with Gasteiger partial charge in [0.15, 0.2) is 0 Å². The third-order valence-electron chi connectivity index (χ3n) is 5.06. The summed E-state index contributed by atoms with van der Waals surface area (Å²) in [7, 11) is 2.08. The normalized spacial score (nSPS) is 37.2. The summed E-state index contributed by atoms with van der Waals surface area (Å²) < 4.78 is 6.04. The van der Waals surface area contributed by atoms with Gasteiger partial charge in [0, 0.05) is 25.2 Å². The van der Waals surface area contributed by atoms with Gasteiger partial charge in [-0.1, -0.05) is 0 Å². The highest BCUT2D eigenvalue weighted by Crippen LogP contribution is 2.44. The van der Waals surface area contributed by atoms with Crippen molar-refractivity contribution in [3.05, 3.63) is 0 Å². The van der Waals surface area contributed by atoms with Crippen LogP contribution in [0.4, 0.5) is 0 Å². The molecule has 2 heterocycles. The summed E-state index contributed by atoms with van der Waals surface area (Å²) >= 11 is 0. The Balaban J connectivity index is 1.62. The van der Waals surface area contributed by atoms with E-state index in [1.54, 1.807) is 0 Å². The fourth-order valence-corrected chi connectivity index (χ4v) is 4.00. The molecule has 2 atom stereocenters. The van der Waals surface area contributed by atoms with Gasteiger partial charge < -0.3 is 10.1 Å². The Kier molecular flexibility index (Phi) is 3.42. The zero-order chi connectivity index (χ0) is 11.7. The van der Waals surface area contributed by atoms with Crippen LogP contribution < -0.4 is 5.32 Å². The monoisotopic (exact) mass is 238 g/mol. The lowest BCUT2D eigenvalue weighted by atomic mass is 9.73. The zero-order valence-electron chi connectivity index (χ0n) is 11.1. The first-order valence-corrected chi connectivity index (χ1v) is 7.37. The van der Waals surface area contributed by atoms with Gasteiger partial charge in [-0.05, 0) is 58.5 Å². The second kappa shape index (κ2) is 4.87. The Labute approximate surface area is 105 Å². The van der Waals surface area contributed by atoms with E-state index in [2.05, 4.69) is 17.3 Å². The summed E-state index contributed by atoms with van der Waals surface area (Å²) in [4.78, 5) is 2.78. The van der Waals surface area contributed by atoms with Crippen molar-refractivity contribution in [2.24, 2.45) is 0 Å². The van der Waals surface area contributed by atoms with E-state index in [-0.39, 0.29) is 0 Å². The van der Waals surface area contributed by atoms with Crippen LogP contribution in [0.2, 0.25) is 0 Å². The Bertz CT molecular complexity index is 265. The van der Waals surface area contributed by atoms with Crippen LogP contribution in [0, 0.1) is 0 Å². The summed E-state index contributed by atoms with van der Waals surface area (Å²) in [6.07, 6.45) is 9.33. The number of likely N-dealkylation sites (N-methyl/N-ethyl adjacent to an activating group) is 1. The van der Waals surface area contributed by atoms with Crippen LogP contribution in [0.15, 0.2) is 0 Å². The van der Waals surface area contributed by atoms with Gasteiger partial charge in [0.1, 0.15) is 0 Å². The van der Waals surface area contributed by atoms with Gasteiger partial charge in [0.25, 0.3) is 0 Å². The molecule has 0 aromatic heterocycles. The van der Waals surface area contributed by atoms with Crippen LogP contribution >= 0.6 is 0 Å². The highest BCUT2D eigenvalue weighted by atomic mass is 16.5. The Morgan fingerprint density at radius 2 is 2.18 bits per heavy atom. The van der Waals surface area contributed by atoms with E-state index >= 15 is 0 Å². The minimum absolute atomic E-state index is 0.301. The summed E-state index contributed by atoms with van der Waals surface area (Å²) in [5, 5.41) is 3.35. The topological polar surface area (TPSA) is 24.5 Å². The quantitative estimate of drug-likeness (QED) is 0.811. The van der Waals surface area contributed by atoms with Crippen LogP contribution in [-0.2, 0) is 4.74 Å². The van der Waals surface area contributed by atoms with Crippen molar-refractivity contribution in [3.63, 3.8) is 0 Å². The molecule has 3 fully saturated rings. The number of hydrogen-bond donors (Lipinski definition) is 1. The van der Waals surface area contributed by atoms with E-state index in [1.165, 1.54) is 51.5 Å². The van der Waals surface area contributed by atoms with Crippen molar-refractivity contribution < 1.29 is 4.74 Å². The number of nitrogens with zero attached hydrogens (tertiary/aromatic N) is 1. The van der Waals surface area contributed by atoms with Gasteiger partial charge in [-0.3, -0.25) is 4.90 Å². The lowest BCUT2D eigenvalue weighted by Gasteiger charge is -2.50. The van der Waals surface area contributed by atoms with Gasteiger partial charge in [-0.25, -0.2) is 0 Å². The van der Waals surface area contributed by atoms with E-state index in [0.717, 1.165) is 25.2 Å². The maximum Gasteiger partial charge on any atom is 0.0697 e. The minimum Gasteiger partial charge on any atom is -0.375 e. The molecule has 1 spiro atoms. The molecule has 3 heteroatoms. The summed E-state index contributed by atoms with van der Waals surface area (Å²) in [6, 6.07) is 1.57. The molecule has 1 saturated carbocycles. The van der Waals surface area contributed by atoms with Crippen LogP contribution in [0.1, 0.15) is 44.9 Å². The minimum atomic E-state index is 0.301. The van der Waals surface area contributed by atoms with Crippen LogP contribution in [0.5, 0.6) is 0 Å². The first kappa shape index (κ1) is 11.9. The fourth-order valence-electron chi connectivity index (χ4n) is 4.00. The number of hydrogen-bond acceptors (Lipinski definition) is 3. The average molecular weight is 238 g/mol. The highest BCUT2D eigenvalue weighted by molar-refractivity contribution is 4.98. The summed E-state index contributed by atoms with van der Waals surface area (Å²) in [5.41, 5.74) is 0.301. The molecule has 98 valence electrons. The summed E-state index contributed by atoms with van der Waals surface area (Å²) in [5.74, 6) is 0. The molecule has 0 aromatic carbocycles. The van der Waals surface area contributed by atoms with Crippen molar-refractivity contribution in [1.29, 1.82) is 0 Å². The third kappa shape index (κ3) is 2.25. The number of ether oxygens (including phenoxy) is 1. The van der Waals surface area contributed by atoms with Gasteiger partial charge in [0.2, 0.25) is 0 Å². The predicted molar refractivity (Wildman–Crippen MR) is 69.2 cm³/mol. The molecule has 0 amide bonds. The molecular weight excluding hydrogens is 212 g/mol. The molecular formula is C14H26N2O. The van der Waals surface area contributed by atoms with E-state index in [0.29, 0.717) is 5.60 Å². The molecule has 2 saturated heterocycles. The molecule has 1 aliphatic carbocycles. The molecule has 2 unspecified atom stereocenters. The predicted octanol–water partition coefficient (Wildman–Crippen LogP) is 1.77. The van der Waals surface area contributed by atoms with Crippen LogP contribution in [0.25, 0.3) is 0 Å². The largest absolute Gasteiger partial charge is 0.375 e. The van der Waals surface area contributed by atoms with Gasteiger partial charge >= 0.3 is 0 Å². The first-order valence-electron chi connectivity index (χ1n) is 7.37. The van der Waals surface area contributed by atoms with E-state index in [4.69, 9.17) is 4.74 Å². The molecule has 0 radical (unpaired) electrons. The molecule has 2 aliphatic heterocycles. The summed E-state index contributed by atoms with van der Waals surface area (Å²) in [6.45, 7) is 3.46. The maximum atomic E-state index is 6.04. The molecule has 3 rings (SSSR count). The van der Waals surface area contributed by atoms with E-state index in [9.17, 15) is 0 Å². The lowest BCUT2D eigenvalue weighted by molar-refractivity contribution is -0.149. The SMILES string of the molecule is CNCC1CCCN1C1CCOC2(CCC2)C1. The Morgan fingerprint density at radius 3 is 2.88 bits per heavy atom. The van der Waals surface area contributed by atoms with Crippen LogP contribution in [-0.4, -0.2) is 49.3 Å². The fraction of sp³-hybridized carbons (Fsp3) is 1.00. The van der Waals surface area contributed by atoms with Crippen molar-refractivity contribution in [1.82, 2.24) is 10.2 Å². The van der Waals surface area contributed by atoms with E-state index in [1.807, 2.05) is 0 Å². The van der Waals surface area contributed by atoms with Gasteiger partial charge in [0.05, 0.1) is 5.60 Å². The molecule has 3 aliphatic rings. The Morgan fingerprint density at radius 1 is 1.29 bits per heavy atom. The molecule has 0 aromatic rings. The molecule has 0 bridgehead atoms. The second-order valence-corrected chi connectivity index (χ2v) is 6.12. The van der Waals surface area contributed by atoms with Crippen molar-refractivity contribution in [3.8, 4) is 0 Å². The van der Waals surface area contributed by atoms with Crippen molar-refractivity contribution in [2.75, 3.05) is 26.7 Å². The standard InChI is InChI=1S/C14H26N2O/c1-15-11-13-4-2-8-16(13)12-5-9-17-14(10-12)6-3-7-14/h12-13,15H,2-11H2,1H3. The number of rotatable bonds is 3. The van der Waals surface area contributed by atoms with Crippen LogP contribution in [0.3, 0.4) is 0 Å². The van der Waals surface area contributed by atoms with Crippen molar-refractivity contribution in [2.45, 2.75) is 62.6 Å². The third-order valence-corrected chi connectivity index (χ3v) is 5.06. The highest BCUT2D eigenvalue weighted by Gasteiger charge is 2.45.